The monoisotopic (exact) mass is 470 g/mol. The van der Waals surface area contributed by atoms with Crippen molar-refractivity contribution in [2.24, 2.45) is 16.6 Å². The fraction of sp³-hybridized carbons (Fsp3) is 0.500. The Kier molecular flexibility index (Phi) is 6.34. The molecule has 0 aromatic carbocycles. The lowest BCUT2D eigenvalue weighted by Gasteiger charge is -2.44. The van der Waals surface area contributed by atoms with Gasteiger partial charge in [-0.05, 0) is 13.3 Å². The summed E-state index contributed by atoms with van der Waals surface area (Å²) in [7, 11) is 0. The van der Waals surface area contributed by atoms with Gasteiger partial charge in [0, 0.05) is 17.1 Å². The van der Waals surface area contributed by atoms with Crippen molar-refractivity contribution in [1.82, 2.24) is 15.0 Å². The van der Waals surface area contributed by atoms with Gasteiger partial charge in [0.05, 0.1) is 25.1 Å². The van der Waals surface area contributed by atoms with E-state index < -0.39 is 24.5 Å². The zero-order valence-electron chi connectivity index (χ0n) is 16.5. The summed E-state index contributed by atoms with van der Waals surface area (Å²) in [4.78, 5) is 29.5. The third-order valence-electron chi connectivity index (χ3n) is 4.96. The quantitative estimate of drug-likeness (QED) is 0.660. The van der Waals surface area contributed by atoms with E-state index in [0.717, 1.165) is 29.6 Å². The molecule has 166 valence electrons. The van der Waals surface area contributed by atoms with Crippen LogP contribution in [0.5, 0.6) is 5.88 Å². The molecule has 1 amide bonds. The summed E-state index contributed by atoms with van der Waals surface area (Å²) in [6.07, 6.45) is 0.630. The lowest BCUT2D eigenvalue weighted by atomic mass is 9.80. The molecule has 13 heteroatoms. The fourth-order valence-corrected chi connectivity index (χ4v) is 5.42. The molecule has 2 aromatic heterocycles. The van der Waals surface area contributed by atoms with Crippen LogP contribution in [-0.2, 0) is 10.3 Å². The van der Waals surface area contributed by atoms with Crippen LogP contribution in [0, 0.1) is 5.92 Å². The summed E-state index contributed by atoms with van der Waals surface area (Å²) in [5.74, 6) is 0.794. The fourth-order valence-electron chi connectivity index (χ4n) is 3.45. The van der Waals surface area contributed by atoms with Gasteiger partial charge in [-0.25, -0.2) is 28.7 Å². The number of nitrogens with one attached hydrogen (secondary N) is 1. The van der Waals surface area contributed by atoms with Gasteiger partial charge < -0.3 is 20.5 Å². The first-order valence-corrected chi connectivity index (χ1v) is 11.3. The summed E-state index contributed by atoms with van der Waals surface area (Å²) >= 11 is 2.91. The number of amidine groups is 1. The zero-order chi connectivity index (χ0) is 22.0. The number of carbonyl (C=O) groups excluding carboxylic acids is 1. The number of nitrogens with zero attached hydrogens (tertiary/aromatic N) is 4. The standard InChI is InChI=1S/C18H20F2N6O3S2/c1-9-2-10-6-31-17(21)26-18(10,8-29-9)16-25-13(7-30-16)24-15(27)11-3-23-14(4-22-11)28-5-12(19)20/h3-4,7,9-10,12H,2,5-6,8H2,1H3,(H2,21,26)(H,24,27)/t9-,10-,18-/m0/s1. The van der Waals surface area contributed by atoms with Gasteiger partial charge in [0.15, 0.2) is 11.8 Å². The third kappa shape index (κ3) is 4.77. The van der Waals surface area contributed by atoms with Crippen LogP contribution in [0.25, 0.3) is 0 Å². The van der Waals surface area contributed by atoms with E-state index in [1.165, 1.54) is 23.1 Å². The molecule has 0 aliphatic carbocycles. The molecular weight excluding hydrogens is 450 g/mol. The number of hydrogen-bond acceptors (Lipinski definition) is 10. The van der Waals surface area contributed by atoms with E-state index in [-0.39, 0.29) is 23.6 Å². The molecule has 4 heterocycles. The Morgan fingerprint density at radius 1 is 1.45 bits per heavy atom. The van der Waals surface area contributed by atoms with Gasteiger partial charge in [0.25, 0.3) is 12.3 Å². The number of ether oxygens (including phenoxy) is 2. The second-order valence-corrected chi connectivity index (χ2v) is 9.07. The van der Waals surface area contributed by atoms with Crippen molar-refractivity contribution in [3.8, 4) is 5.88 Å². The van der Waals surface area contributed by atoms with E-state index in [2.05, 4.69) is 20.3 Å². The number of aliphatic imine (C=N–C) groups is 1. The number of carbonyl (C=O) groups is 1. The van der Waals surface area contributed by atoms with Crippen molar-refractivity contribution in [1.29, 1.82) is 0 Å². The maximum absolute atomic E-state index is 12.5. The molecule has 3 atom stereocenters. The smallest absolute Gasteiger partial charge is 0.277 e. The van der Waals surface area contributed by atoms with Gasteiger partial charge in [-0.15, -0.1) is 11.3 Å². The largest absolute Gasteiger partial charge is 0.470 e. The van der Waals surface area contributed by atoms with Crippen molar-refractivity contribution in [2.45, 2.75) is 31.4 Å². The first-order valence-electron chi connectivity index (χ1n) is 9.46. The summed E-state index contributed by atoms with van der Waals surface area (Å²) in [5, 5.41) is 5.62. The Morgan fingerprint density at radius 3 is 3.03 bits per heavy atom. The van der Waals surface area contributed by atoms with Crippen molar-refractivity contribution in [3.63, 3.8) is 0 Å². The molecule has 2 aliphatic rings. The number of fused-ring (bicyclic) bond motifs is 1. The highest BCUT2D eigenvalue weighted by atomic mass is 32.2. The van der Waals surface area contributed by atoms with Gasteiger partial charge in [-0.1, -0.05) is 11.8 Å². The number of halogens is 2. The normalized spacial score (nSPS) is 25.6. The van der Waals surface area contributed by atoms with Crippen LogP contribution < -0.4 is 15.8 Å². The average molecular weight is 471 g/mol. The lowest BCUT2D eigenvalue weighted by molar-refractivity contribution is -0.0466. The van der Waals surface area contributed by atoms with Gasteiger partial charge in [0.1, 0.15) is 22.1 Å². The molecule has 0 spiro atoms. The predicted molar refractivity (Wildman–Crippen MR) is 113 cm³/mol. The second-order valence-electron chi connectivity index (χ2n) is 7.17. The van der Waals surface area contributed by atoms with Crippen LogP contribution in [0.1, 0.15) is 28.8 Å². The molecule has 3 N–H and O–H groups in total. The Bertz CT molecular complexity index is 973. The number of thioether (sulfide) groups is 1. The number of aromatic nitrogens is 3. The molecule has 31 heavy (non-hydrogen) atoms. The van der Waals surface area contributed by atoms with E-state index in [4.69, 9.17) is 20.2 Å². The minimum absolute atomic E-state index is 0.00106. The first kappa shape index (κ1) is 21.8. The molecule has 0 radical (unpaired) electrons. The number of nitrogens with two attached hydrogens (primary N) is 1. The summed E-state index contributed by atoms with van der Waals surface area (Å²) < 4.78 is 35.0. The van der Waals surface area contributed by atoms with Crippen LogP contribution in [0.3, 0.4) is 0 Å². The highest BCUT2D eigenvalue weighted by molar-refractivity contribution is 8.13. The van der Waals surface area contributed by atoms with Crippen LogP contribution in [-0.4, -0.2) is 57.5 Å². The number of rotatable bonds is 6. The molecule has 9 nitrogen and oxygen atoms in total. The summed E-state index contributed by atoms with van der Waals surface area (Å²) in [5.41, 5.74) is 5.36. The summed E-state index contributed by atoms with van der Waals surface area (Å²) in [6, 6.07) is 0. The molecule has 1 fully saturated rings. The predicted octanol–water partition coefficient (Wildman–Crippen LogP) is 2.51. The Morgan fingerprint density at radius 2 is 2.29 bits per heavy atom. The maximum Gasteiger partial charge on any atom is 0.277 e. The number of amides is 1. The number of thiazole rings is 1. The second kappa shape index (κ2) is 9.01. The van der Waals surface area contributed by atoms with Crippen molar-refractivity contribution < 1.29 is 23.0 Å². The van der Waals surface area contributed by atoms with Crippen LogP contribution in [0.15, 0.2) is 22.8 Å². The highest BCUT2D eigenvalue weighted by Crippen LogP contribution is 2.47. The topological polar surface area (TPSA) is 125 Å². The Labute approximate surface area is 184 Å². The Hall–Kier alpha value is -2.38. The zero-order valence-corrected chi connectivity index (χ0v) is 18.1. The molecule has 2 aromatic rings. The average Bonchev–Trinajstić information content (AvgIpc) is 3.22. The van der Waals surface area contributed by atoms with Crippen molar-refractivity contribution in [3.05, 3.63) is 28.5 Å². The SMILES string of the molecule is C[C@H]1C[C@H]2CSC(N)=N[C@@]2(c2nc(NC(=O)c3cnc(OCC(F)F)cn3)cs2)CO1. The van der Waals surface area contributed by atoms with Gasteiger partial charge in [-0.2, -0.15) is 0 Å². The number of anilines is 1. The van der Waals surface area contributed by atoms with Gasteiger partial charge >= 0.3 is 0 Å². The molecule has 4 rings (SSSR count). The van der Waals surface area contributed by atoms with Crippen LogP contribution >= 0.6 is 23.1 Å². The molecule has 1 saturated heterocycles. The minimum Gasteiger partial charge on any atom is -0.470 e. The Balaban J connectivity index is 1.47. The first-order chi connectivity index (χ1) is 14.9. The van der Waals surface area contributed by atoms with Crippen molar-refractivity contribution >= 4 is 40.0 Å². The highest BCUT2D eigenvalue weighted by Gasteiger charge is 2.49. The van der Waals surface area contributed by atoms with E-state index in [1.807, 2.05) is 6.92 Å². The number of alkyl halides is 2. The van der Waals surface area contributed by atoms with E-state index in [0.29, 0.717) is 17.6 Å². The minimum atomic E-state index is -2.62. The lowest BCUT2D eigenvalue weighted by Crippen LogP contribution is -2.49. The molecule has 2 aliphatic heterocycles. The van der Waals surface area contributed by atoms with Crippen molar-refractivity contribution in [2.75, 3.05) is 24.3 Å². The van der Waals surface area contributed by atoms with Crippen LogP contribution in [0.2, 0.25) is 0 Å². The molecule has 0 bridgehead atoms. The van der Waals surface area contributed by atoms with Crippen LogP contribution in [0.4, 0.5) is 14.6 Å². The summed E-state index contributed by atoms with van der Waals surface area (Å²) in [6.45, 7) is 1.62. The van der Waals surface area contributed by atoms with E-state index in [1.54, 1.807) is 5.38 Å². The molecule has 0 saturated carbocycles. The molecule has 0 unspecified atom stereocenters. The third-order valence-corrected chi connectivity index (χ3v) is 6.92. The maximum atomic E-state index is 12.5. The van der Waals surface area contributed by atoms with E-state index >= 15 is 0 Å². The molecular formula is C18H20F2N6O3S2. The van der Waals surface area contributed by atoms with Gasteiger partial charge in [-0.3, -0.25) is 4.79 Å². The number of hydrogen-bond donors (Lipinski definition) is 2. The van der Waals surface area contributed by atoms with Gasteiger partial charge in [0.2, 0.25) is 5.88 Å². The van der Waals surface area contributed by atoms with E-state index in [9.17, 15) is 13.6 Å².